The van der Waals surface area contributed by atoms with Gasteiger partial charge in [0.2, 0.25) is 5.91 Å². The second kappa shape index (κ2) is 9.63. The normalized spacial score (nSPS) is 15.7. The van der Waals surface area contributed by atoms with Crippen LogP contribution in [-0.4, -0.2) is 62.2 Å². The predicted molar refractivity (Wildman–Crippen MR) is 125 cm³/mol. The number of thiophene rings is 1. The largest absolute Gasteiger partial charge is 0.387 e. The zero-order valence-electron chi connectivity index (χ0n) is 17.7. The molecule has 1 amide bonds. The maximum absolute atomic E-state index is 14.3. The predicted octanol–water partition coefficient (Wildman–Crippen LogP) is 3.57. The van der Waals surface area contributed by atoms with Crippen LogP contribution in [0, 0.1) is 12.7 Å². The van der Waals surface area contributed by atoms with Crippen LogP contribution in [0.25, 0.3) is 10.9 Å². The molecule has 1 fully saturated rings. The van der Waals surface area contributed by atoms with Gasteiger partial charge < -0.3 is 15.1 Å². The highest BCUT2D eigenvalue weighted by Gasteiger charge is 2.36. The number of aromatic nitrogens is 2. The number of benzene rings is 1. The van der Waals surface area contributed by atoms with Crippen molar-refractivity contribution < 1.29 is 24.2 Å². The number of hydrogen-bond donors (Lipinski definition) is 2. The Hall–Kier alpha value is -2.11. The lowest BCUT2D eigenvalue weighted by Crippen LogP contribution is -2.45. The summed E-state index contributed by atoms with van der Waals surface area (Å²) in [7, 11) is 0. The van der Waals surface area contributed by atoms with Crippen molar-refractivity contribution in [2.45, 2.75) is 30.4 Å². The minimum absolute atomic E-state index is 0.0802. The number of fused-ring (bicyclic) bond motifs is 1. The maximum atomic E-state index is 14.3. The molecule has 0 radical (unpaired) electrons. The average Bonchev–Trinajstić information content (AvgIpc) is 3.29. The zero-order valence-corrected chi connectivity index (χ0v) is 20.1. The molecule has 174 valence electrons. The highest BCUT2D eigenvalue weighted by molar-refractivity contribution is 8.00. The molecule has 3 heterocycles. The fourth-order valence-corrected chi connectivity index (χ4v) is 6.08. The van der Waals surface area contributed by atoms with E-state index in [0.29, 0.717) is 51.9 Å². The topological polar surface area (TPSA) is 104 Å². The van der Waals surface area contributed by atoms with Crippen molar-refractivity contribution >= 4 is 57.3 Å². The van der Waals surface area contributed by atoms with E-state index < -0.39 is 18.0 Å². The monoisotopic (exact) mass is 509 g/mol. The molecule has 7 nitrogen and oxygen atoms in total. The Morgan fingerprint density at radius 1 is 1.27 bits per heavy atom. The third-order valence-corrected chi connectivity index (χ3v) is 8.08. The Kier molecular flexibility index (Phi) is 7.01. The number of halogens is 2. The molecule has 33 heavy (non-hydrogen) atoms. The number of nitrogens with zero attached hydrogens (tertiary/aromatic N) is 3. The van der Waals surface area contributed by atoms with E-state index in [1.54, 1.807) is 25.1 Å². The van der Waals surface area contributed by atoms with E-state index in [1.165, 1.54) is 34.1 Å². The Balaban J connectivity index is 1.47. The number of carbonyl (C=O) groups excluding carboxylic acids is 2. The van der Waals surface area contributed by atoms with Gasteiger partial charge in [0.05, 0.1) is 10.6 Å². The molecular formula is C22H21ClFN3O4S2. The number of ketones is 1. The van der Waals surface area contributed by atoms with Gasteiger partial charge in [-0.15, -0.1) is 11.3 Å². The first kappa shape index (κ1) is 24.0. The van der Waals surface area contributed by atoms with Gasteiger partial charge in [-0.1, -0.05) is 23.4 Å². The van der Waals surface area contributed by atoms with Crippen LogP contribution >= 0.6 is 34.7 Å². The third kappa shape index (κ3) is 5.04. The summed E-state index contributed by atoms with van der Waals surface area (Å²) >= 11 is 8.40. The van der Waals surface area contributed by atoms with Crippen molar-refractivity contribution in [3.63, 3.8) is 0 Å². The van der Waals surface area contributed by atoms with Crippen LogP contribution in [0.4, 0.5) is 4.39 Å². The fraction of sp³-hybridized carbons (Fsp3) is 0.364. The molecule has 0 saturated carbocycles. The number of aryl methyl sites for hydroxylation is 1. The summed E-state index contributed by atoms with van der Waals surface area (Å²) in [6.07, 6.45) is 0.667. The number of piperidine rings is 1. The van der Waals surface area contributed by atoms with E-state index in [-0.39, 0.29) is 28.0 Å². The molecule has 1 aromatic carbocycles. The Labute approximate surface area is 202 Å². The summed E-state index contributed by atoms with van der Waals surface area (Å²) in [5, 5.41) is 21.2. The summed E-state index contributed by atoms with van der Waals surface area (Å²) in [6, 6.07) is 6.20. The van der Waals surface area contributed by atoms with Crippen LogP contribution in [0.5, 0.6) is 0 Å². The average molecular weight is 510 g/mol. The molecule has 11 heteroatoms. The lowest BCUT2D eigenvalue weighted by atomic mass is 9.90. The highest BCUT2D eigenvalue weighted by atomic mass is 35.5. The Morgan fingerprint density at radius 3 is 2.70 bits per heavy atom. The molecule has 3 aromatic rings. The van der Waals surface area contributed by atoms with Gasteiger partial charge in [-0.25, -0.2) is 14.4 Å². The SMILES string of the molecule is Cc1nc(SCC(=O)c2ccc(C3(O)CCN(C(=O)CO)CC3)s2)c2cc(Cl)cc(F)c2n1. The van der Waals surface area contributed by atoms with E-state index in [4.69, 9.17) is 16.7 Å². The van der Waals surface area contributed by atoms with Crippen molar-refractivity contribution in [3.8, 4) is 0 Å². The smallest absolute Gasteiger partial charge is 0.248 e. The van der Waals surface area contributed by atoms with Crippen LogP contribution in [0.1, 0.15) is 33.2 Å². The number of rotatable bonds is 6. The molecule has 0 unspecified atom stereocenters. The van der Waals surface area contributed by atoms with E-state index in [1.807, 2.05) is 0 Å². The quantitative estimate of drug-likeness (QED) is 0.297. The number of aliphatic hydroxyl groups is 2. The molecule has 0 atom stereocenters. The molecule has 2 aromatic heterocycles. The molecule has 4 rings (SSSR count). The van der Waals surface area contributed by atoms with E-state index in [9.17, 15) is 19.1 Å². The van der Waals surface area contributed by atoms with Gasteiger partial charge in [0.1, 0.15) is 28.6 Å². The van der Waals surface area contributed by atoms with Gasteiger partial charge in [0.25, 0.3) is 0 Å². The van der Waals surface area contributed by atoms with E-state index >= 15 is 0 Å². The first-order chi connectivity index (χ1) is 15.7. The van der Waals surface area contributed by atoms with Crippen molar-refractivity contribution in [1.29, 1.82) is 0 Å². The van der Waals surface area contributed by atoms with Crippen LogP contribution in [0.2, 0.25) is 5.02 Å². The van der Waals surface area contributed by atoms with Gasteiger partial charge >= 0.3 is 0 Å². The molecular weight excluding hydrogens is 489 g/mol. The second-order valence-electron chi connectivity index (χ2n) is 7.81. The molecule has 0 bridgehead atoms. The molecule has 1 saturated heterocycles. The second-order valence-corrected chi connectivity index (χ2v) is 10.3. The number of aliphatic hydroxyl groups excluding tert-OH is 1. The molecule has 2 N–H and O–H groups in total. The summed E-state index contributed by atoms with van der Waals surface area (Å²) in [4.78, 5) is 35.7. The first-order valence-corrected chi connectivity index (χ1v) is 12.4. The van der Waals surface area contributed by atoms with Gasteiger partial charge in [0, 0.05) is 28.4 Å². The van der Waals surface area contributed by atoms with Gasteiger partial charge in [-0.05, 0) is 44.0 Å². The maximum Gasteiger partial charge on any atom is 0.248 e. The van der Waals surface area contributed by atoms with Gasteiger partial charge in [-0.2, -0.15) is 0 Å². The van der Waals surface area contributed by atoms with E-state index in [0.717, 1.165) is 0 Å². The fourth-order valence-electron chi connectivity index (χ4n) is 3.76. The van der Waals surface area contributed by atoms with Crippen LogP contribution in [0.3, 0.4) is 0 Å². The van der Waals surface area contributed by atoms with Crippen molar-refractivity contribution in [2.24, 2.45) is 0 Å². The molecule has 0 aliphatic carbocycles. The number of likely N-dealkylation sites (tertiary alicyclic amines) is 1. The summed E-state index contributed by atoms with van der Waals surface area (Å²) in [6.45, 7) is 1.79. The molecule has 1 aliphatic heterocycles. The first-order valence-electron chi connectivity index (χ1n) is 10.2. The van der Waals surface area contributed by atoms with Crippen molar-refractivity contribution in [3.05, 3.63) is 50.7 Å². The van der Waals surface area contributed by atoms with Crippen LogP contribution in [-0.2, 0) is 10.4 Å². The Bertz CT molecular complexity index is 1230. The van der Waals surface area contributed by atoms with E-state index in [2.05, 4.69) is 9.97 Å². The molecule has 0 spiro atoms. The third-order valence-electron chi connectivity index (χ3n) is 5.55. The number of carbonyl (C=O) groups is 2. The lowest BCUT2D eigenvalue weighted by molar-refractivity contribution is -0.138. The van der Waals surface area contributed by atoms with Gasteiger partial charge in [0.15, 0.2) is 11.6 Å². The number of amides is 1. The number of Topliss-reactive ketones (excluding diaryl/α,β-unsaturated/α-hetero) is 1. The lowest BCUT2D eigenvalue weighted by Gasteiger charge is -2.37. The number of hydrogen-bond acceptors (Lipinski definition) is 8. The van der Waals surface area contributed by atoms with Crippen LogP contribution < -0.4 is 0 Å². The Morgan fingerprint density at radius 2 is 2.00 bits per heavy atom. The van der Waals surface area contributed by atoms with Crippen LogP contribution in [0.15, 0.2) is 29.3 Å². The minimum Gasteiger partial charge on any atom is -0.387 e. The summed E-state index contributed by atoms with van der Waals surface area (Å²) < 4.78 is 14.3. The summed E-state index contributed by atoms with van der Waals surface area (Å²) in [5.41, 5.74) is -0.954. The minimum atomic E-state index is -1.11. The molecule has 1 aliphatic rings. The highest BCUT2D eigenvalue weighted by Crippen LogP contribution is 2.38. The van der Waals surface area contributed by atoms with Crippen molar-refractivity contribution in [1.82, 2.24) is 14.9 Å². The summed E-state index contributed by atoms with van der Waals surface area (Å²) in [5.74, 6) is -0.564. The van der Waals surface area contributed by atoms with Crippen molar-refractivity contribution in [2.75, 3.05) is 25.4 Å². The van der Waals surface area contributed by atoms with Gasteiger partial charge in [-0.3, -0.25) is 9.59 Å². The zero-order chi connectivity index (χ0) is 23.8. The number of thioether (sulfide) groups is 1. The standard InChI is InChI=1S/C22H21ClFN3O4S2/c1-12-25-20-14(8-13(23)9-15(20)24)21(26-12)32-11-16(29)17-2-3-18(33-17)22(31)4-6-27(7-5-22)19(30)10-28/h2-3,8-9,28,31H,4-7,10-11H2,1H3.